The van der Waals surface area contributed by atoms with E-state index in [4.69, 9.17) is 4.74 Å². The lowest BCUT2D eigenvalue weighted by Gasteiger charge is -2.38. The first-order valence-corrected chi connectivity index (χ1v) is 5.98. The van der Waals surface area contributed by atoms with Crippen molar-refractivity contribution in [1.29, 1.82) is 0 Å². The van der Waals surface area contributed by atoms with Crippen molar-refractivity contribution in [3.05, 3.63) is 0 Å². The molecule has 1 saturated heterocycles. The maximum Gasteiger partial charge on any atom is 0.229 e. The molecular formula is C12H24N2O2. The number of nitrogens with zero attached hydrogens (tertiary/aromatic N) is 1. The molecule has 0 bridgehead atoms. The number of nitrogens with one attached hydrogen (secondary N) is 1. The van der Waals surface area contributed by atoms with Gasteiger partial charge in [-0.05, 0) is 33.2 Å². The number of methoxy groups -OCH3 is 1. The predicted molar refractivity (Wildman–Crippen MR) is 64.3 cm³/mol. The summed E-state index contributed by atoms with van der Waals surface area (Å²) in [7, 11) is 3.53. The maximum atomic E-state index is 12.4. The van der Waals surface area contributed by atoms with Crippen LogP contribution in [0, 0.1) is 5.41 Å². The highest BCUT2D eigenvalue weighted by Crippen LogP contribution is 2.28. The van der Waals surface area contributed by atoms with E-state index in [0.717, 1.165) is 25.9 Å². The monoisotopic (exact) mass is 228 g/mol. The third-order valence-corrected chi connectivity index (χ3v) is 3.50. The van der Waals surface area contributed by atoms with Crippen molar-refractivity contribution in [3.8, 4) is 0 Å². The highest BCUT2D eigenvalue weighted by Gasteiger charge is 2.37. The van der Waals surface area contributed by atoms with E-state index in [1.807, 2.05) is 18.9 Å². The fourth-order valence-corrected chi connectivity index (χ4v) is 2.22. The second-order valence-electron chi connectivity index (χ2n) is 5.06. The Morgan fingerprint density at radius 3 is 2.81 bits per heavy atom. The average molecular weight is 228 g/mol. The highest BCUT2D eigenvalue weighted by molar-refractivity contribution is 5.82. The molecule has 0 saturated carbocycles. The molecule has 4 heteroatoms. The van der Waals surface area contributed by atoms with Gasteiger partial charge in [0.1, 0.15) is 0 Å². The summed E-state index contributed by atoms with van der Waals surface area (Å²) in [6.45, 7) is 6.47. The van der Waals surface area contributed by atoms with Gasteiger partial charge in [-0.1, -0.05) is 0 Å². The first kappa shape index (κ1) is 13.5. The molecule has 0 aromatic rings. The van der Waals surface area contributed by atoms with E-state index in [2.05, 4.69) is 12.2 Å². The van der Waals surface area contributed by atoms with Crippen LogP contribution in [0.3, 0.4) is 0 Å². The molecule has 1 fully saturated rings. The Morgan fingerprint density at radius 2 is 2.31 bits per heavy atom. The molecule has 0 aromatic carbocycles. The van der Waals surface area contributed by atoms with E-state index in [9.17, 15) is 4.79 Å². The van der Waals surface area contributed by atoms with E-state index in [1.165, 1.54) is 0 Å². The molecule has 94 valence electrons. The van der Waals surface area contributed by atoms with Gasteiger partial charge in [0.15, 0.2) is 0 Å². The van der Waals surface area contributed by atoms with Crippen LogP contribution < -0.4 is 5.32 Å². The van der Waals surface area contributed by atoms with Crippen LogP contribution in [-0.4, -0.2) is 50.7 Å². The summed E-state index contributed by atoms with van der Waals surface area (Å²) in [5, 5.41) is 3.30. The summed E-state index contributed by atoms with van der Waals surface area (Å²) in [5.74, 6) is 0.226. The Balaban J connectivity index is 2.61. The molecule has 16 heavy (non-hydrogen) atoms. The van der Waals surface area contributed by atoms with Crippen LogP contribution in [-0.2, 0) is 9.53 Å². The van der Waals surface area contributed by atoms with Crippen molar-refractivity contribution in [2.75, 3.05) is 33.9 Å². The predicted octanol–water partition coefficient (Wildman–Crippen LogP) is 0.869. The Labute approximate surface area is 98.3 Å². The van der Waals surface area contributed by atoms with Gasteiger partial charge in [-0.3, -0.25) is 4.79 Å². The van der Waals surface area contributed by atoms with Gasteiger partial charge in [0.05, 0.1) is 18.1 Å². The van der Waals surface area contributed by atoms with E-state index in [-0.39, 0.29) is 17.4 Å². The zero-order valence-electron chi connectivity index (χ0n) is 10.9. The molecule has 0 radical (unpaired) electrons. The first-order chi connectivity index (χ1) is 7.51. The molecule has 1 amide bonds. The number of ether oxygens (including phenoxy) is 1. The van der Waals surface area contributed by atoms with Crippen molar-refractivity contribution < 1.29 is 9.53 Å². The van der Waals surface area contributed by atoms with Crippen molar-refractivity contribution >= 4 is 5.91 Å². The molecular weight excluding hydrogens is 204 g/mol. The van der Waals surface area contributed by atoms with Gasteiger partial charge in [-0.15, -0.1) is 0 Å². The molecule has 1 aliphatic heterocycles. The summed E-state index contributed by atoms with van der Waals surface area (Å²) in [6, 6.07) is 0.135. The summed E-state index contributed by atoms with van der Waals surface area (Å²) >= 11 is 0. The zero-order chi connectivity index (χ0) is 12.2. The number of rotatable bonds is 4. The SMILES string of the molecule is COCC(C)N(C)C(=O)C1(C)CCCNC1. The van der Waals surface area contributed by atoms with Crippen LogP contribution in [0.1, 0.15) is 26.7 Å². The fourth-order valence-electron chi connectivity index (χ4n) is 2.22. The normalized spacial score (nSPS) is 27.5. The number of piperidine rings is 1. The molecule has 1 aliphatic rings. The average Bonchev–Trinajstić information content (AvgIpc) is 2.28. The number of hydrogen-bond donors (Lipinski definition) is 1. The van der Waals surface area contributed by atoms with Gasteiger partial charge in [0.2, 0.25) is 5.91 Å². The van der Waals surface area contributed by atoms with Crippen molar-refractivity contribution in [3.63, 3.8) is 0 Å². The van der Waals surface area contributed by atoms with Crippen molar-refractivity contribution in [2.24, 2.45) is 5.41 Å². The summed E-state index contributed by atoms with van der Waals surface area (Å²) in [4.78, 5) is 14.2. The minimum absolute atomic E-state index is 0.135. The van der Waals surface area contributed by atoms with Gasteiger partial charge >= 0.3 is 0 Å². The van der Waals surface area contributed by atoms with Gasteiger partial charge in [-0.2, -0.15) is 0 Å². The van der Waals surface area contributed by atoms with Crippen LogP contribution in [0.15, 0.2) is 0 Å². The molecule has 1 rings (SSSR count). The third kappa shape index (κ3) is 2.95. The molecule has 2 atom stereocenters. The number of amides is 1. The van der Waals surface area contributed by atoms with Crippen molar-refractivity contribution in [1.82, 2.24) is 10.2 Å². The lowest BCUT2D eigenvalue weighted by Crippen LogP contribution is -2.52. The minimum atomic E-state index is -0.241. The van der Waals surface area contributed by atoms with Gasteiger partial charge in [-0.25, -0.2) is 0 Å². The molecule has 2 unspecified atom stereocenters. The number of likely N-dealkylation sites (N-methyl/N-ethyl adjacent to an activating group) is 1. The fraction of sp³-hybridized carbons (Fsp3) is 0.917. The lowest BCUT2D eigenvalue weighted by atomic mass is 9.81. The Hall–Kier alpha value is -0.610. The van der Waals surface area contributed by atoms with Crippen LogP contribution in [0.2, 0.25) is 0 Å². The topological polar surface area (TPSA) is 41.6 Å². The number of carbonyl (C=O) groups excluding carboxylic acids is 1. The molecule has 1 N–H and O–H groups in total. The lowest BCUT2D eigenvalue weighted by molar-refractivity contribution is -0.143. The largest absolute Gasteiger partial charge is 0.383 e. The first-order valence-electron chi connectivity index (χ1n) is 5.98. The van der Waals surface area contributed by atoms with E-state index < -0.39 is 0 Å². The number of hydrogen-bond acceptors (Lipinski definition) is 3. The van der Waals surface area contributed by atoms with Gasteiger partial charge < -0.3 is 15.0 Å². The molecule has 4 nitrogen and oxygen atoms in total. The summed E-state index contributed by atoms with van der Waals surface area (Å²) in [5.41, 5.74) is -0.241. The molecule has 1 heterocycles. The Bertz CT molecular complexity index is 237. The summed E-state index contributed by atoms with van der Waals surface area (Å²) < 4.78 is 5.09. The van der Waals surface area contributed by atoms with Gasteiger partial charge in [0, 0.05) is 20.7 Å². The molecule has 0 spiro atoms. The van der Waals surface area contributed by atoms with Crippen LogP contribution in [0.5, 0.6) is 0 Å². The standard InChI is InChI=1S/C12H24N2O2/c1-10(8-16-4)14(3)11(15)12(2)6-5-7-13-9-12/h10,13H,5-9H2,1-4H3. The zero-order valence-corrected chi connectivity index (χ0v) is 10.9. The van der Waals surface area contributed by atoms with Gasteiger partial charge in [0.25, 0.3) is 0 Å². The van der Waals surface area contributed by atoms with E-state index >= 15 is 0 Å². The molecule has 0 aliphatic carbocycles. The van der Waals surface area contributed by atoms with Crippen LogP contribution in [0.4, 0.5) is 0 Å². The minimum Gasteiger partial charge on any atom is -0.383 e. The smallest absolute Gasteiger partial charge is 0.229 e. The van der Waals surface area contributed by atoms with Crippen LogP contribution >= 0.6 is 0 Å². The Morgan fingerprint density at radius 1 is 1.62 bits per heavy atom. The van der Waals surface area contributed by atoms with Crippen molar-refractivity contribution in [2.45, 2.75) is 32.7 Å². The third-order valence-electron chi connectivity index (χ3n) is 3.50. The highest BCUT2D eigenvalue weighted by atomic mass is 16.5. The van der Waals surface area contributed by atoms with Crippen LogP contribution in [0.25, 0.3) is 0 Å². The second kappa shape index (κ2) is 5.64. The quantitative estimate of drug-likeness (QED) is 0.776. The van der Waals surface area contributed by atoms with E-state index in [1.54, 1.807) is 7.11 Å². The molecule has 0 aromatic heterocycles. The number of carbonyl (C=O) groups is 1. The Kier molecular flexibility index (Phi) is 4.74. The van der Waals surface area contributed by atoms with E-state index in [0.29, 0.717) is 6.61 Å². The second-order valence-corrected chi connectivity index (χ2v) is 5.06. The summed E-state index contributed by atoms with van der Waals surface area (Å²) in [6.07, 6.45) is 2.05. The maximum absolute atomic E-state index is 12.4.